The maximum atomic E-state index is 11.8. The van der Waals surface area contributed by atoms with E-state index in [1.165, 1.54) is 0 Å². The average Bonchev–Trinajstić information content (AvgIpc) is 2.54. The van der Waals surface area contributed by atoms with Crippen molar-refractivity contribution in [1.82, 2.24) is 10.3 Å². The van der Waals surface area contributed by atoms with Crippen LogP contribution in [-0.4, -0.2) is 23.2 Å². The second-order valence-electron chi connectivity index (χ2n) is 6.30. The average molecular weight is 325 g/mol. The molecule has 1 amide bonds. The number of carbonyl (C=O) groups is 1. The lowest BCUT2D eigenvalue weighted by Crippen LogP contribution is -2.49. The zero-order valence-corrected chi connectivity index (χ0v) is 14.1. The summed E-state index contributed by atoms with van der Waals surface area (Å²) in [7, 11) is 0. The maximum absolute atomic E-state index is 11.8. The first-order valence-electron chi connectivity index (χ1n) is 8.28. The molecule has 1 aliphatic rings. The molecule has 126 valence electrons. The number of ether oxygens (including phenoxy) is 1. The number of anilines is 1. The standard InChI is InChI=1S/C19H23N3O2/c1-13-8-9-18(14(2)20-13)21-16-10-17(11-16)22-19(23)24-12-15-6-4-3-5-7-15/h3-9,16-17,21H,10-12H2,1-2H3,(H,22,23). The van der Waals surface area contributed by atoms with E-state index in [1.54, 1.807) is 0 Å². The van der Waals surface area contributed by atoms with Gasteiger partial charge in [-0.3, -0.25) is 4.98 Å². The van der Waals surface area contributed by atoms with Crippen molar-refractivity contribution in [2.75, 3.05) is 5.32 Å². The molecule has 1 heterocycles. The van der Waals surface area contributed by atoms with Crippen LogP contribution in [0, 0.1) is 13.8 Å². The number of alkyl carbamates (subject to hydrolysis) is 1. The lowest BCUT2D eigenvalue weighted by Gasteiger charge is -2.36. The smallest absolute Gasteiger partial charge is 0.407 e. The zero-order chi connectivity index (χ0) is 16.9. The second-order valence-corrected chi connectivity index (χ2v) is 6.30. The molecule has 0 bridgehead atoms. The Morgan fingerprint density at radius 1 is 1.12 bits per heavy atom. The van der Waals surface area contributed by atoms with Crippen molar-refractivity contribution >= 4 is 11.8 Å². The minimum atomic E-state index is -0.351. The van der Waals surface area contributed by atoms with Gasteiger partial charge >= 0.3 is 6.09 Å². The summed E-state index contributed by atoms with van der Waals surface area (Å²) in [5.74, 6) is 0. The molecule has 0 atom stereocenters. The summed E-state index contributed by atoms with van der Waals surface area (Å²) in [5, 5.41) is 6.39. The maximum Gasteiger partial charge on any atom is 0.407 e. The summed E-state index contributed by atoms with van der Waals surface area (Å²) < 4.78 is 5.24. The number of rotatable bonds is 5. The fourth-order valence-electron chi connectivity index (χ4n) is 2.84. The van der Waals surface area contributed by atoms with Gasteiger partial charge in [0.05, 0.1) is 11.4 Å². The fraction of sp³-hybridized carbons (Fsp3) is 0.368. The molecule has 2 N–H and O–H groups in total. The lowest BCUT2D eigenvalue weighted by atomic mass is 9.86. The number of aromatic nitrogens is 1. The molecule has 0 spiro atoms. The fourth-order valence-corrected chi connectivity index (χ4v) is 2.84. The largest absolute Gasteiger partial charge is 0.445 e. The van der Waals surface area contributed by atoms with Crippen LogP contribution < -0.4 is 10.6 Å². The first-order valence-corrected chi connectivity index (χ1v) is 8.28. The predicted molar refractivity (Wildman–Crippen MR) is 93.9 cm³/mol. The van der Waals surface area contributed by atoms with Crippen LogP contribution in [0.3, 0.4) is 0 Å². The minimum absolute atomic E-state index is 0.171. The van der Waals surface area contributed by atoms with Gasteiger partial charge in [0, 0.05) is 17.8 Å². The highest BCUT2D eigenvalue weighted by atomic mass is 16.5. The number of nitrogens with zero attached hydrogens (tertiary/aromatic N) is 1. The van der Waals surface area contributed by atoms with Gasteiger partial charge in [0.15, 0.2) is 0 Å². The molecular weight excluding hydrogens is 302 g/mol. The van der Waals surface area contributed by atoms with Crippen molar-refractivity contribution < 1.29 is 9.53 Å². The van der Waals surface area contributed by atoms with Crippen LogP contribution >= 0.6 is 0 Å². The van der Waals surface area contributed by atoms with Gasteiger partial charge in [0.1, 0.15) is 6.61 Å². The monoisotopic (exact) mass is 325 g/mol. The number of pyridine rings is 1. The number of carbonyl (C=O) groups excluding carboxylic acids is 1. The number of aryl methyl sites for hydroxylation is 2. The van der Waals surface area contributed by atoms with E-state index in [9.17, 15) is 4.79 Å². The van der Waals surface area contributed by atoms with Crippen LogP contribution in [0.1, 0.15) is 29.8 Å². The molecule has 0 aliphatic heterocycles. The summed E-state index contributed by atoms with van der Waals surface area (Å²) in [6, 6.07) is 14.3. The van der Waals surface area contributed by atoms with E-state index in [0.717, 1.165) is 35.5 Å². The SMILES string of the molecule is Cc1ccc(NC2CC(NC(=O)OCc3ccccc3)C2)c(C)n1. The first kappa shape index (κ1) is 16.3. The Morgan fingerprint density at radius 2 is 1.88 bits per heavy atom. The summed E-state index contributed by atoms with van der Waals surface area (Å²) in [6.07, 6.45) is 1.44. The Balaban J connectivity index is 1.38. The van der Waals surface area contributed by atoms with Gasteiger partial charge in [0.2, 0.25) is 0 Å². The second kappa shape index (κ2) is 7.34. The molecule has 1 aromatic heterocycles. The first-order chi connectivity index (χ1) is 11.6. The Hall–Kier alpha value is -2.56. The number of hydrogen-bond acceptors (Lipinski definition) is 4. The molecular formula is C19H23N3O2. The van der Waals surface area contributed by atoms with E-state index in [1.807, 2.05) is 50.2 Å². The molecule has 0 radical (unpaired) electrons. The van der Waals surface area contributed by atoms with Gasteiger partial charge in [-0.2, -0.15) is 0 Å². The van der Waals surface area contributed by atoms with Crippen molar-refractivity contribution in [3.05, 3.63) is 59.4 Å². The summed E-state index contributed by atoms with van der Waals surface area (Å²) >= 11 is 0. The van der Waals surface area contributed by atoms with E-state index >= 15 is 0 Å². The number of nitrogens with one attached hydrogen (secondary N) is 2. The molecule has 2 aromatic rings. The van der Waals surface area contributed by atoms with Gasteiger partial charge in [-0.1, -0.05) is 30.3 Å². The van der Waals surface area contributed by atoms with Gasteiger partial charge in [0.25, 0.3) is 0 Å². The van der Waals surface area contributed by atoms with Crippen molar-refractivity contribution in [2.45, 2.75) is 45.4 Å². The molecule has 0 unspecified atom stereocenters. The van der Waals surface area contributed by atoms with Crippen LogP contribution in [0.15, 0.2) is 42.5 Å². The molecule has 1 fully saturated rings. The van der Waals surface area contributed by atoms with Gasteiger partial charge in [-0.05, 0) is 44.4 Å². The molecule has 5 heteroatoms. The Kier molecular flexibility index (Phi) is 4.99. The third-order valence-corrected chi connectivity index (χ3v) is 4.26. The zero-order valence-electron chi connectivity index (χ0n) is 14.1. The van der Waals surface area contributed by atoms with Crippen molar-refractivity contribution in [3.8, 4) is 0 Å². The molecule has 1 aromatic carbocycles. The Bertz CT molecular complexity index is 697. The predicted octanol–water partition coefficient (Wildman–Crippen LogP) is 3.57. The topological polar surface area (TPSA) is 63.2 Å². The van der Waals surface area contributed by atoms with E-state index in [0.29, 0.717) is 12.6 Å². The van der Waals surface area contributed by atoms with Crippen molar-refractivity contribution in [3.63, 3.8) is 0 Å². The van der Waals surface area contributed by atoms with E-state index in [-0.39, 0.29) is 12.1 Å². The van der Waals surface area contributed by atoms with E-state index in [4.69, 9.17) is 4.74 Å². The van der Waals surface area contributed by atoms with Crippen molar-refractivity contribution in [1.29, 1.82) is 0 Å². The van der Waals surface area contributed by atoms with Gasteiger partial charge in [-0.15, -0.1) is 0 Å². The molecule has 24 heavy (non-hydrogen) atoms. The number of amides is 1. The highest BCUT2D eigenvalue weighted by molar-refractivity contribution is 5.67. The van der Waals surface area contributed by atoms with Crippen LogP contribution in [0.5, 0.6) is 0 Å². The van der Waals surface area contributed by atoms with Gasteiger partial charge < -0.3 is 15.4 Å². The minimum Gasteiger partial charge on any atom is -0.445 e. The molecule has 0 saturated heterocycles. The Labute approximate surface area is 142 Å². The van der Waals surface area contributed by atoms with E-state index < -0.39 is 0 Å². The van der Waals surface area contributed by atoms with Crippen LogP contribution in [0.25, 0.3) is 0 Å². The summed E-state index contributed by atoms with van der Waals surface area (Å²) in [4.78, 5) is 16.3. The summed E-state index contributed by atoms with van der Waals surface area (Å²) in [6.45, 7) is 4.29. The molecule has 1 saturated carbocycles. The molecule has 5 nitrogen and oxygen atoms in total. The van der Waals surface area contributed by atoms with Crippen LogP contribution in [0.4, 0.5) is 10.5 Å². The highest BCUT2D eigenvalue weighted by Crippen LogP contribution is 2.25. The number of hydrogen-bond donors (Lipinski definition) is 2. The molecule has 1 aliphatic carbocycles. The number of benzene rings is 1. The highest BCUT2D eigenvalue weighted by Gasteiger charge is 2.30. The van der Waals surface area contributed by atoms with Crippen molar-refractivity contribution in [2.24, 2.45) is 0 Å². The summed E-state index contributed by atoms with van der Waals surface area (Å²) in [5.41, 5.74) is 4.08. The Morgan fingerprint density at radius 3 is 2.58 bits per heavy atom. The van der Waals surface area contributed by atoms with Gasteiger partial charge in [-0.25, -0.2) is 4.79 Å². The van der Waals surface area contributed by atoms with Crippen LogP contribution in [0.2, 0.25) is 0 Å². The quantitative estimate of drug-likeness (QED) is 0.882. The third-order valence-electron chi connectivity index (χ3n) is 4.26. The lowest BCUT2D eigenvalue weighted by molar-refractivity contribution is 0.129. The van der Waals surface area contributed by atoms with E-state index in [2.05, 4.69) is 21.7 Å². The normalized spacial score (nSPS) is 19.2. The third kappa shape index (κ3) is 4.25. The van der Waals surface area contributed by atoms with Crippen LogP contribution in [-0.2, 0) is 11.3 Å². The molecule has 3 rings (SSSR count).